The zero-order chi connectivity index (χ0) is 16.4. The van der Waals surface area contributed by atoms with Gasteiger partial charge in [-0.05, 0) is 22.9 Å². The topological polar surface area (TPSA) is 34.1 Å². The van der Waals surface area contributed by atoms with Gasteiger partial charge in [0.05, 0.1) is 9.93 Å². The molecule has 5 heteroatoms. The summed E-state index contributed by atoms with van der Waals surface area (Å²) in [6.07, 6.45) is 0. The van der Waals surface area contributed by atoms with Crippen LogP contribution < -0.4 is 0 Å². The van der Waals surface area contributed by atoms with Crippen LogP contribution in [0.3, 0.4) is 0 Å². The van der Waals surface area contributed by atoms with Gasteiger partial charge in [0.1, 0.15) is 0 Å². The number of hydrogen-bond acceptors (Lipinski definition) is 2. The smallest absolute Gasteiger partial charge is 0.218 e. The summed E-state index contributed by atoms with van der Waals surface area (Å²) < 4.78 is 24.8. The first-order valence-electron chi connectivity index (χ1n) is 6.85. The van der Waals surface area contributed by atoms with Gasteiger partial charge in [-0.1, -0.05) is 83.9 Å². The summed E-state index contributed by atoms with van der Waals surface area (Å²) in [5, 5.41) is 1.83. The third-order valence-electron chi connectivity index (χ3n) is 3.49. The van der Waals surface area contributed by atoms with E-state index in [1.807, 2.05) is 36.4 Å². The highest BCUT2D eigenvalue weighted by molar-refractivity contribution is 7.97. The van der Waals surface area contributed by atoms with E-state index < -0.39 is 9.84 Å². The third-order valence-corrected chi connectivity index (χ3v) is 6.46. The predicted molar refractivity (Wildman–Crippen MR) is 96.2 cm³/mol. The maximum Gasteiger partial charge on any atom is 0.218 e. The highest BCUT2D eigenvalue weighted by Crippen LogP contribution is 2.35. The molecule has 0 heterocycles. The van der Waals surface area contributed by atoms with Crippen molar-refractivity contribution in [3.63, 3.8) is 0 Å². The van der Waals surface area contributed by atoms with E-state index in [1.165, 1.54) is 12.1 Å². The minimum atomic E-state index is -3.84. The fourth-order valence-electron chi connectivity index (χ4n) is 2.34. The molecule has 0 amide bonds. The molecule has 3 aromatic carbocycles. The van der Waals surface area contributed by atoms with Gasteiger partial charge in [-0.25, -0.2) is 8.42 Å². The van der Waals surface area contributed by atoms with Gasteiger partial charge in [-0.3, -0.25) is 0 Å². The number of benzene rings is 3. The molecule has 0 radical (unpaired) electrons. The van der Waals surface area contributed by atoms with E-state index in [2.05, 4.69) is 0 Å². The monoisotopic (exact) mass is 362 g/mol. The molecular weight excluding hydrogens is 351 g/mol. The number of fused-ring (bicyclic) bond motifs is 1. The van der Waals surface area contributed by atoms with Gasteiger partial charge in [0.15, 0.2) is 4.36 Å². The maximum atomic E-state index is 12.6. The SMILES string of the molecule is O=S(=O)(/C(Cl)=C(/Cl)c1cccc2ccccc12)c1ccccc1. The van der Waals surface area contributed by atoms with Crippen molar-refractivity contribution in [2.24, 2.45) is 0 Å². The Hall–Kier alpha value is -1.81. The van der Waals surface area contributed by atoms with Gasteiger partial charge in [0.25, 0.3) is 0 Å². The van der Waals surface area contributed by atoms with Gasteiger partial charge in [0.2, 0.25) is 9.84 Å². The fourth-order valence-corrected chi connectivity index (χ4v) is 4.25. The molecule has 0 aliphatic carbocycles. The zero-order valence-electron chi connectivity index (χ0n) is 11.9. The first-order chi connectivity index (χ1) is 11.0. The van der Waals surface area contributed by atoms with E-state index in [-0.39, 0.29) is 14.3 Å². The van der Waals surface area contributed by atoms with Crippen LogP contribution in [-0.2, 0) is 9.84 Å². The molecule has 0 spiro atoms. The summed E-state index contributed by atoms with van der Waals surface area (Å²) in [7, 11) is -3.84. The van der Waals surface area contributed by atoms with E-state index in [4.69, 9.17) is 23.2 Å². The minimum absolute atomic E-state index is 0.0207. The Morgan fingerprint density at radius 1 is 0.739 bits per heavy atom. The summed E-state index contributed by atoms with van der Waals surface area (Å²) in [6, 6.07) is 21.1. The standard InChI is InChI=1S/C18H12Cl2O2S/c19-17(16-12-6-8-13-7-4-5-11-15(13)16)18(20)23(21,22)14-9-2-1-3-10-14/h1-12H/b18-17+. The first kappa shape index (κ1) is 16.1. The van der Waals surface area contributed by atoms with Crippen molar-refractivity contribution < 1.29 is 8.42 Å². The van der Waals surface area contributed by atoms with Gasteiger partial charge < -0.3 is 0 Å². The zero-order valence-corrected chi connectivity index (χ0v) is 14.2. The molecule has 0 bridgehead atoms. The largest absolute Gasteiger partial charge is 0.218 e. The molecule has 0 aromatic heterocycles. The number of rotatable bonds is 3. The number of halogens is 2. The van der Waals surface area contributed by atoms with Crippen molar-refractivity contribution in [3.05, 3.63) is 82.7 Å². The van der Waals surface area contributed by atoms with Gasteiger partial charge in [-0.2, -0.15) is 0 Å². The van der Waals surface area contributed by atoms with E-state index in [0.717, 1.165) is 10.8 Å². The molecule has 0 N–H and O–H groups in total. The number of sulfone groups is 1. The molecule has 0 fully saturated rings. The Labute approximate surface area is 144 Å². The molecule has 116 valence electrons. The van der Waals surface area contributed by atoms with Crippen molar-refractivity contribution in [1.29, 1.82) is 0 Å². The highest BCUT2D eigenvalue weighted by atomic mass is 35.5. The average molecular weight is 363 g/mol. The Balaban J connectivity index is 2.21. The molecular formula is C18H12Cl2O2S. The predicted octanol–water partition coefficient (Wildman–Crippen LogP) is 5.42. The van der Waals surface area contributed by atoms with Crippen molar-refractivity contribution in [1.82, 2.24) is 0 Å². The highest BCUT2D eigenvalue weighted by Gasteiger charge is 2.23. The van der Waals surface area contributed by atoms with Crippen LogP contribution in [0.2, 0.25) is 0 Å². The van der Waals surface area contributed by atoms with E-state index in [1.54, 1.807) is 24.3 Å². The maximum absolute atomic E-state index is 12.6. The van der Waals surface area contributed by atoms with Crippen molar-refractivity contribution in [2.45, 2.75) is 4.90 Å². The van der Waals surface area contributed by atoms with Crippen LogP contribution in [0.4, 0.5) is 0 Å². The lowest BCUT2D eigenvalue weighted by Gasteiger charge is -2.09. The average Bonchev–Trinajstić information content (AvgIpc) is 2.60. The quantitative estimate of drug-likeness (QED) is 0.623. The lowest BCUT2D eigenvalue weighted by atomic mass is 10.0. The number of hydrogen-bond donors (Lipinski definition) is 0. The van der Waals surface area contributed by atoms with Crippen LogP contribution in [0.5, 0.6) is 0 Å². The van der Waals surface area contributed by atoms with Gasteiger partial charge in [-0.15, -0.1) is 0 Å². The first-order valence-corrected chi connectivity index (χ1v) is 9.09. The Bertz CT molecular complexity index is 988. The second-order valence-corrected chi connectivity index (χ2v) is 7.80. The molecule has 3 aromatic rings. The van der Waals surface area contributed by atoms with Crippen LogP contribution in [0, 0.1) is 0 Å². The molecule has 0 atom stereocenters. The molecule has 2 nitrogen and oxygen atoms in total. The van der Waals surface area contributed by atoms with Gasteiger partial charge in [0, 0.05) is 5.56 Å². The second kappa shape index (κ2) is 6.36. The molecule has 0 saturated heterocycles. The van der Waals surface area contributed by atoms with Crippen LogP contribution in [-0.4, -0.2) is 8.42 Å². The van der Waals surface area contributed by atoms with Gasteiger partial charge >= 0.3 is 0 Å². The molecule has 0 unspecified atom stereocenters. The normalized spacial score (nSPS) is 13.0. The minimum Gasteiger partial charge on any atom is -0.218 e. The fraction of sp³-hybridized carbons (Fsp3) is 0. The summed E-state index contributed by atoms with van der Waals surface area (Å²) in [5.41, 5.74) is 0.592. The molecule has 0 aliphatic rings. The summed E-state index contributed by atoms with van der Waals surface area (Å²) in [4.78, 5) is 0.114. The van der Waals surface area contributed by atoms with Crippen molar-refractivity contribution in [3.8, 4) is 0 Å². The van der Waals surface area contributed by atoms with Crippen LogP contribution in [0.15, 0.2) is 82.1 Å². The Morgan fingerprint density at radius 2 is 1.35 bits per heavy atom. The summed E-state index contributed by atoms with van der Waals surface area (Å²) in [5.74, 6) is 0. The van der Waals surface area contributed by atoms with Crippen LogP contribution in [0.1, 0.15) is 5.56 Å². The van der Waals surface area contributed by atoms with Crippen LogP contribution in [0.25, 0.3) is 15.8 Å². The van der Waals surface area contributed by atoms with E-state index in [9.17, 15) is 8.42 Å². The van der Waals surface area contributed by atoms with Crippen LogP contribution >= 0.6 is 23.2 Å². The van der Waals surface area contributed by atoms with E-state index >= 15 is 0 Å². The molecule has 23 heavy (non-hydrogen) atoms. The lowest BCUT2D eigenvalue weighted by molar-refractivity contribution is 0.604. The summed E-state index contributed by atoms with van der Waals surface area (Å²) in [6.45, 7) is 0. The van der Waals surface area contributed by atoms with E-state index in [0.29, 0.717) is 5.56 Å². The third kappa shape index (κ3) is 3.00. The molecule has 0 aliphatic heterocycles. The second-order valence-electron chi connectivity index (χ2n) is 4.93. The van der Waals surface area contributed by atoms with Crippen molar-refractivity contribution in [2.75, 3.05) is 0 Å². The molecule has 3 rings (SSSR count). The summed E-state index contributed by atoms with van der Waals surface area (Å²) >= 11 is 12.5. The Morgan fingerprint density at radius 3 is 2.09 bits per heavy atom. The lowest BCUT2D eigenvalue weighted by Crippen LogP contribution is -2.02. The Kier molecular flexibility index (Phi) is 4.44. The molecule has 0 saturated carbocycles. The van der Waals surface area contributed by atoms with Crippen molar-refractivity contribution >= 4 is 48.8 Å².